The molecule has 1 aliphatic carbocycles. The van der Waals surface area contributed by atoms with E-state index < -0.39 is 0 Å². The van der Waals surface area contributed by atoms with Crippen LogP contribution in [0.15, 0.2) is 78.9 Å². The molecule has 0 spiro atoms. The fourth-order valence-corrected chi connectivity index (χ4v) is 3.31. The molecule has 0 bridgehead atoms. The van der Waals surface area contributed by atoms with Crippen molar-refractivity contribution in [3.63, 3.8) is 0 Å². The Morgan fingerprint density at radius 3 is 2.13 bits per heavy atom. The van der Waals surface area contributed by atoms with E-state index in [2.05, 4.69) is 84.9 Å². The van der Waals surface area contributed by atoms with Crippen LogP contribution < -0.4 is 0 Å². The molecule has 3 aromatic rings. The summed E-state index contributed by atoms with van der Waals surface area (Å²) in [6, 6.07) is 28.4. The van der Waals surface area contributed by atoms with E-state index in [-0.39, 0.29) is 0 Å². The fraction of sp³-hybridized carbons (Fsp3) is 0.130. The molecular formula is C23H20. The highest BCUT2D eigenvalue weighted by molar-refractivity contribution is 5.88. The summed E-state index contributed by atoms with van der Waals surface area (Å²) >= 11 is 0. The molecule has 0 saturated heterocycles. The summed E-state index contributed by atoms with van der Waals surface area (Å²) in [5.41, 5.74) is 8.46. The van der Waals surface area contributed by atoms with Crippen LogP contribution in [0, 0.1) is 0 Å². The van der Waals surface area contributed by atoms with Gasteiger partial charge in [0.05, 0.1) is 0 Å². The summed E-state index contributed by atoms with van der Waals surface area (Å²) in [5.74, 6) is 0. The molecule has 3 aromatic carbocycles. The smallest absolute Gasteiger partial charge is 0.00137 e. The molecule has 23 heavy (non-hydrogen) atoms. The molecule has 0 aromatic heterocycles. The van der Waals surface area contributed by atoms with Crippen LogP contribution in [-0.2, 0) is 19.3 Å². The summed E-state index contributed by atoms with van der Waals surface area (Å²) in [5, 5.41) is 0. The number of fused-ring (bicyclic) bond motifs is 1. The van der Waals surface area contributed by atoms with Crippen molar-refractivity contribution in [3.8, 4) is 0 Å². The minimum atomic E-state index is 1.05. The number of rotatable bonds is 4. The summed E-state index contributed by atoms with van der Waals surface area (Å²) in [7, 11) is 0. The Morgan fingerprint density at radius 1 is 0.652 bits per heavy atom. The number of allylic oxidation sites excluding steroid dienone is 1. The second-order valence-corrected chi connectivity index (χ2v) is 6.23. The first-order valence-corrected chi connectivity index (χ1v) is 8.30. The first kappa shape index (κ1) is 14.0. The maximum absolute atomic E-state index is 2.37. The lowest BCUT2D eigenvalue weighted by atomic mass is 10.00. The highest BCUT2D eigenvalue weighted by atomic mass is 14.2. The van der Waals surface area contributed by atoms with Gasteiger partial charge in [-0.1, -0.05) is 84.9 Å². The number of aryl methyl sites for hydroxylation is 2. The fourth-order valence-electron chi connectivity index (χ4n) is 3.31. The van der Waals surface area contributed by atoms with Crippen molar-refractivity contribution in [2.75, 3.05) is 0 Å². The second kappa shape index (κ2) is 6.26. The van der Waals surface area contributed by atoms with Gasteiger partial charge in [-0.15, -0.1) is 0 Å². The predicted molar refractivity (Wildman–Crippen MR) is 98.3 cm³/mol. The largest absolute Gasteiger partial charge is 0.0622 e. The van der Waals surface area contributed by atoms with Gasteiger partial charge in [0.1, 0.15) is 0 Å². The van der Waals surface area contributed by atoms with Crippen LogP contribution in [0.2, 0.25) is 0 Å². The molecule has 0 N–H and O–H groups in total. The van der Waals surface area contributed by atoms with Crippen LogP contribution in [-0.4, -0.2) is 0 Å². The van der Waals surface area contributed by atoms with E-state index in [0.717, 1.165) is 19.3 Å². The average Bonchev–Trinajstić information content (AvgIpc) is 3.05. The molecule has 0 radical (unpaired) electrons. The zero-order chi connectivity index (χ0) is 15.5. The molecule has 4 rings (SSSR count). The Labute approximate surface area is 138 Å². The van der Waals surface area contributed by atoms with Crippen LogP contribution in [0.5, 0.6) is 0 Å². The van der Waals surface area contributed by atoms with Gasteiger partial charge in [-0.2, -0.15) is 0 Å². The topological polar surface area (TPSA) is 0 Å². The molecule has 0 aliphatic heterocycles. The third kappa shape index (κ3) is 3.12. The Hall–Kier alpha value is -2.60. The lowest BCUT2D eigenvalue weighted by Gasteiger charge is -2.05. The Balaban J connectivity index is 1.52. The van der Waals surface area contributed by atoms with Crippen molar-refractivity contribution in [1.29, 1.82) is 0 Å². The lowest BCUT2D eigenvalue weighted by Crippen LogP contribution is -1.93. The van der Waals surface area contributed by atoms with Crippen LogP contribution in [0.1, 0.15) is 27.8 Å². The van der Waals surface area contributed by atoms with E-state index in [1.807, 2.05) is 0 Å². The quantitative estimate of drug-likeness (QED) is 0.590. The first-order valence-electron chi connectivity index (χ1n) is 8.30. The Kier molecular flexibility index (Phi) is 3.81. The molecular weight excluding hydrogens is 276 g/mol. The maximum atomic E-state index is 2.37. The Morgan fingerprint density at radius 2 is 1.35 bits per heavy atom. The minimum absolute atomic E-state index is 1.05. The third-order valence-corrected chi connectivity index (χ3v) is 4.61. The third-order valence-electron chi connectivity index (χ3n) is 4.61. The van der Waals surface area contributed by atoms with Crippen molar-refractivity contribution in [1.82, 2.24) is 0 Å². The summed E-state index contributed by atoms with van der Waals surface area (Å²) in [6.45, 7) is 0. The van der Waals surface area contributed by atoms with Gasteiger partial charge in [0, 0.05) is 0 Å². The standard InChI is InChI=1S/C23H20/c1-3-7-18(8-4-1)11-12-19-13-14-21-16-23(17-22(21)15-19)20-9-5-2-6-10-20/h1-10,13-15,17H,11-12,16H2. The molecule has 0 saturated carbocycles. The molecule has 0 heterocycles. The van der Waals surface area contributed by atoms with Gasteiger partial charge in [-0.05, 0) is 52.7 Å². The van der Waals surface area contributed by atoms with Gasteiger partial charge in [-0.25, -0.2) is 0 Å². The average molecular weight is 296 g/mol. The van der Waals surface area contributed by atoms with Crippen LogP contribution >= 0.6 is 0 Å². The zero-order valence-corrected chi connectivity index (χ0v) is 13.2. The SMILES string of the molecule is C1=C(c2ccccc2)Cc2ccc(CCc3ccccc3)cc21. The number of hydrogen-bond acceptors (Lipinski definition) is 0. The molecule has 0 fully saturated rings. The van der Waals surface area contributed by atoms with E-state index in [1.165, 1.54) is 33.4 Å². The van der Waals surface area contributed by atoms with Gasteiger partial charge in [0.2, 0.25) is 0 Å². The van der Waals surface area contributed by atoms with Gasteiger partial charge in [-0.3, -0.25) is 0 Å². The van der Waals surface area contributed by atoms with Crippen molar-refractivity contribution in [2.24, 2.45) is 0 Å². The van der Waals surface area contributed by atoms with Crippen LogP contribution in [0.3, 0.4) is 0 Å². The second-order valence-electron chi connectivity index (χ2n) is 6.23. The normalized spacial score (nSPS) is 12.8. The number of benzene rings is 3. The van der Waals surface area contributed by atoms with Crippen LogP contribution in [0.25, 0.3) is 11.6 Å². The van der Waals surface area contributed by atoms with E-state index in [0.29, 0.717) is 0 Å². The molecule has 0 amide bonds. The summed E-state index contributed by atoms with van der Waals surface area (Å²) < 4.78 is 0. The van der Waals surface area contributed by atoms with Crippen molar-refractivity contribution < 1.29 is 0 Å². The highest BCUT2D eigenvalue weighted by Crippen LogP contribution is 2.32. The van der Waals surface area contributed by atoms with E-state index in [4.69, 9.17) is 0 Å². The molecule has 1 aliphatic rings. The van der Waals surface area contributed by atoms with Gasteiger partial charge < -0.3 is 0 Å². The van der Waals surface area contributed by atoms with Gasteiger partial charge >= 0.3 is 0 Å². The van der Waals surface area contributed by atoms with Gasteiger partial charge in [0.25, 0.3) is 0 Å². The van der Waals surface area contributed by atoms with E-state index in [1.54, 1.807) is 0 Å². The zero-order valence-electron chi connectivity index (χ0n) is 13.2. The van der Waals surface area contributed by atoms with Crippen molar-refractivity contribution >= 4 is 11.6 Å². The molecule has 0 unspecified atom stereocenters. The lowest BCUT2D eigenvalue weighted by molar-refractivity contribution is 0.958. The molecule has 0 atom stereocenters. The summed E-state index contributed by atoms with van der Waals surface area (Å²) in [6.07, 6.45) is 5.62. The predicted octanol–water partition coefficient (Wildman–Crippen LogP) is 5.57. The maximum Gasteiger partial charge on any atom is -0.00137 e. The van der Waals surface area contributed by atoms with E-state index >= 15 is 0 Å². The number of hydrogen-bond donors (Lipinski definition) is 0. The van der Waals surface area contributed by atoms with Crippen molar-refractivity contribution in [2.45, 2.75) is 19.3 Å². The minimum Gasteiger partial charge on any atom is -0.0622 e. The molecule has 112 valence electrons. The Bertz CT molecular complexity index is 826. The van der Waals surface area contributed by atoms with E-state index in [9.17, 15) is 0 Å². The van der Waals surface area contributed by atoms with Crippen LogP contribution in [0.4, 0.5) is 0 Å². The monoisotopic (exact) mass is 296 g/mol. The summed E-state index contributed by atoms with van der Waals surface area (Å²) in [4.78, 5) is 0. The van der Waals surface area contributed by atoms with Gasteiger partial charge in [0.15, 0.2) is 0 Å². The molecule has 0 heteroatoms. The van der Waals surface area contributed by atoms with Crippen molar-refractivity contribution in [3.05, 3.63) is 107 Å². The first-order chi connectivity index (χ1) is 11.4. The highest BCUT2D eigenvalue weighted by Gasteiger charge is 2.14. The molecule has 0 nitrogen and oxygen atoms in total.